The average Bonchev–Trinajstić information content (AvgIpc) is 3.25. The van der Waals surface area contributed by atoms with Crippen LogP contribution in [-0.4, -0.2) is 31.1 Å². The number of thiophene rings is 1. The summed E-state index contributed by atoms with van der Waals surface area (Å²) in [6.07, 6.45) is 1.92. The third-order valence-electron chi connectivity index (χ3n) is 5.10. The Bertz CT molecular complexity index is 799. The van der Waals surface area contributed by atoms with E-state index in [0.29, 0.717) is 22.6 Å². The van der Waals surface area contributed by atoms with E-state index < -0.39 is 10.0 Å². The minimum Gasteiger partial charge on any atom is -0.207 e. The van der Waals surface area contributed by atoms with Crippen molar-refractivity contribution in [3.8, 4) is 0 Å². The van der Waals surface area contributed by atoms with Gasteiger partial charge in [-0.3, -0.25) is 0 Å². The van der Waals surface area contributed by atoms with E-state index in [0.717, 1.165) is 24.2 Å². The lowest BCUT2D eigenvalue weighted by Gasteiger charge is -2.35. The van der Waals surface area contributed by atoms with Gasteiger partial charge in [-0.15, -0.1) is 11.3 Å². The highest BCUT2D eigenvalue weighted by Crippen LogP contribution is 2.50. The zero-order valence-electron chi connectivity index (χ0n) is 13.6. The molecule has 0 bridgehead atoms. The number of hydrogen-bond donors (Lipinski definition) is 0. The molecule has 2 aliphatic rings. The molecular weight excluding hydrogens is 358 g/mol. The van der Waals surface area contributed by atoms with Gasteiger partial charge in [-0.25, -0.2) is 8.42 Å². The molecule has 4 rings (SSSR count). The third kappa shape index (κ3) is 2.83. The molecule has 6 heteroatoms. The highest BCUT2D eigenvalue weighted by Gasteiger charge is 2.47. The van der Waals surface area contributed by atoms with Gasteiger partial charge in [0.2, 0.25) is 10.0 Å². The van der Waals surface area contributed by atoms with Crippen LogP contribution in [0.15, 0.2) is 46.7 Å². The van der Waals surface area contributed by atoms with Gasteiger partial charge in [0, 0.05) is 22.7 Å². The molecule has 2 saturated heterocycles. The first kappa shape index (κ1) is 16.6. The van der Waals surface area contributed by atoms with Crippen molar-refractivity contribution in [2.75, 3.05) is 12.3 Å². The Morgan fingerprint density at radius 3 is 2.62 bits per heavy atom. The Morgan fingerprint density at radius 1 is 1.12 bits per heavy atom. The maximum Gasteiger partial charge on any atom is 0.243 e. The SMILES string of the molecule is Cc1ccc(S(=O)(=O)N2CC[C@@H]3[C@H](c4cccs4)SCC[C@@H]32)cc1. The number of rotatable bonds is 3. The summed E-state index contributed by atoms with van der Waals surface area (Å²) in [6.45, 7) is 2.63. The summed E-state index contributed by atoms with van der Waals surface area (Å²) in [5.41, 5.74) is 1.08. The highest BCUT2D eigenvalue weighted by molar-refractivity contribution is 7.99. The van der Waals surface area contributed by atoms with Crippen molar-refractivity contribution in [2.45, 2.75) is 36.0 Å². The minimum absolute atomic E-state index is 0.143. The quantitative estimate of drug-likeness (QED) is 0.797. The van der Waals surface area contributed by atoms with Gasteiger partial charge in [0.05, 0.1) is 4.90 Å². The molecule has 0 saturated carbocycles. The number of sulfonamides is 1. The van der Waals surface area contributed by atoms with Gasteiger partial charge >= 0.3 is 0 Å². The van der Waals surface area contributed by atoms with Crippen LogP contribution in [0.25, 0.3) is 0 Å². The van der Waals surface area contributed by atoms with E-state index in [1.54, 1.807) is 27.8 Å². The highest BCUT2D eigenvalue weighted by atomic mass is 32.2. The van der Waals surface area contributed by atoms with Crippen molar-refractivity contribution in [3.05, 3.63) is 52.2 Å². The van der Waals surface area contributed by atoms with E-state index in [9.17, 15) is 8.42 Å². The van der Waals surface area contributed by atoms with Gasteiger partial charge in [-0.05, 0) is 55.0 Å². The second-order valence-electron chi connectivity index (χ2n) is 6.54. The predicted octanol–water partition coefficient (Wildman–Crippen LogP) is 4.31. The molecule has 1 aromatic carbocycles. The van der Waals surface area contributed by atoms with E-state index in [2.05, 4.69) is 17.5 Å². The molecule has 128 valence electrons. The van der Waals surface area contributed by atoms with E-state index in [1.807, 2.05) is 30.8 Å². The standard InChI is InChI=1S/C18H21NO2S3/c1-13-4-6-14(7-5-13)24(20,21)19-10-8-15-16(19)9-12-23-18(15)17-3-2-11-22-17/h2-7,11,15-16,18H,8-10,12H2,1H3/t15-,16-,18+/m0/s1. The van der Waals surface area contributed by atoms with Crippen LogP contribution in [0.2, 0.25) is 0 Å². The third-order valence-corrected chi connectivity index (χ3v) is 9.58. The van der Waals surface area contributed by atoms with E-state index in [1.165, 1.54) is 4.88 Å². The number of hydrogen-bond acceptors (Lipinski definition) is 4. The van der Waals surface area contributed by atoms with Crippen LogP contribution in [0.4, 0.5) is 0 Å². The summed E-state index contributed by atoms with van der Waals surface area (Å²) in [6, 6.07) is 11.7. The van der Waals surface area contributed by atoms with Gasteiger partial charge in [0.15, 0.2) is 0 Å². The zero-order valence-corrected chi connectivity index (χ0v) is 16.0. The van der Waals surface area contributed by atoms with Crippen LogP contribution < -0.4 is 0 Å². The van der Waals surface area contributed by atoms with Crippen LogP contribution in [0.1, 0.15) is 28.5 Å². The summed E-state index contributed by atoms with van der Waals surface area (Å²) in [5, 5.41) is 2.57. The van der Waals surface area contributed by atoms with Crippen molar-refractivity contribution in [1.82, 2.24) is 4.31 Å². The topological polar surface area (TPSA) is 37.4 Å². The second-order valence-corrected chi connectivity index (χ2v) is 10.7. The molecule has 2 aliphatic heterocycles. The van der Waals surface area contributed by atoms with Crippen molar-refractivity contribution < 1.29 is 8.42 Å². The van der Waals surface area contributed by atoms with Crippen LogP contribution >= 0.6 is 23.1 Å². The molecular formula is C18H21NO2S3. The number of aryl methyl sites for hydroxylation is 1. The molecule has 0 amide bonds. The van der Waals surface area contributed by atoms with E-state index in [4.69, 9.17) is 0 Å². The molecule has 0 N–H and O–H groups in total. The lowest BCUT2D eigenvalue weighted by molar-refractivity contribution is 0.318. The molecule has 2 aromatic rings. The molecule has 24 heavy (non-hydrogen) atoms. The Morgan fingerprint density at radius 2 is 1.92 bits per heavy atom. The Balaban J connectivity index is 1.63. The van der Waals surface area contributed by atoms with E-state index in [-0.39, 0.29) is 6.04 Å². The Labute approximate surface area is 152 Å². The van der Waals surface area contributed by atoms with Gasteiger partial charge in [0.25, 0.3) is 0 Å². The fraction of sp³-hybridized carbons (Fsp3) is 0.444. The first-order chi connectivity index (χ1) is 11.6. The van der Waals surface area contributed by atoms with Crippen molar-refractivity contribution in [3.63, 3.8) is 0 Å². The smallest absolute Gasteiger partial charge is 0.207 e. The number of benzene rings is 1. The molecule has 0 radical (unpaired) electrons. The van der Waals surface area contributed by atoms with Gasteiger partial charge in [-0.1, -0.05) is 23.8 Å². The minimum atomic E-state index is -3.39. The van der Waals surface area contributed by atoms with Gasteiger partial charge in [0.1, 0.15) is 0 Å². The molecule has 2 fully saturated rings. The Hall–Kier alpha value is -0.820. The fourth-order valence-electron chi connectivity index (χ4n) is 3.89. The van der Waals surface area contributed by atoms with Crippen LogP contribution in [0.3, 0.4) is 0 Å². The van der Waals surface area contributed by atoms with Crippen molar-refractivity contribution in [2.24, 2.45) is 5.92 Å². The normalized spacial score (nSPS) is 28.0. The van der Waals surface area contributed by atoms with Crippen LogP contribution in [0, 0.1) is 12.8 Å². The first-order valence-corrected chi connectivity index (χ1v) is 11.7. The largest absolute Gasteiger partial charge is 0.243 e. The first-order valence-electron chi connectivity index (χ1n) is 8.31. The van der Waals surface area contributed by atoms with Gasteiger partial charge in [-0.2, -0.15) is 16.1 Å². The van der Waals surface area contributed by atoms with Crippen molar-refractivity contribution in [1.29, 1.82) is 0 Å². The number of nitrogens with zero attached hydrogens (tertiary/aromatic N) is 1. The van der Waals surface area contributed by atoms with Crippen molar-refractivity contribution >= 4 is 33.1 Å². The Kier molecular flexibility index (Phi) is 4.49. The summed E-state index contributed by atoms with van der Waals surface area (Å²) in [4.78, 5) is 1.82. The fourth-order valence-corrected chi connectivity index (χ4v) is 8.19. The summed E-state index contributed by atoms with van der Waals surface area (Å²) in [7, 11) is -3.39. The summed E-state index contributed by atoms with van der Waals surface area (Å²) < 4.78 is 28.0. The summed E-state index contributed by atoms with van der Waals surface area (Å²) >= 11 is 3.79. The predicted molar refractivity (Wildman–Crippen MR) is 101 cm³/mol. The number of thioether (sulfide) groups is 1. The maximum atomic E-state index is 13.1. The summed E-state index contributed by atoms with van der Waals surface area (Å²) in [5.74, 6) is 1.46. The zero-order chi connectivity index (χ0) is 16.7. The van der Waals surface area contributed by atoms with Crippen LogP contribution in [-0.2, 0) is 10.0 Å². The molecule has 3 heterocycles. The molecule has 0 aliphatic carbocycles. The monoisotopic (exact) mass is 379 g/mol. The average molecular weight is 380 g/mol. The van der Waals surface area contributed by atoms with Crippen LogP contribution in [0.5, 0.6) is 0 Å². The number of fused-ring (bicyclic) bond motifs is 1. The molecule has 1 aromatic heterocycles. The lowest BCUT2D eigenvalue weighted by Crippen LogP contribution is -2.41. The molecule has 0 spiro atoms. The van der Waals surface area contributed by atoms with Gasteiger partial charge < -0.3 is 0 Å². The molecule has 3 nitrogen and oxygen atoms in total. The second kappa shape index (κ2) is 6.48. The van der Waals surface area contributed by atoms with E-state index >= 15 is 0 Å². The lowest BCUT2D eigenvalue weighted by atomic mass is 9.93. The maximum absolute atomic E-state index is 13.1. The molecule has 3 atom stereocenters. The molecule has 0 unspecified atom stereocenters.